The fourth-order valence-corrected chi connectivity index (χ4v) is 2.28. The highest BCUT2D eigenvalue weighted by Crippen LogP contribution is 2.07. The molecule has 0 radical (unpaired) electrons. The molecule has 1 rings (SSSR count). The van der Waals surface area contributed by atoms with Gasteiger partial charge in [-0.1, -0.05) is 20.3 Å². The van der Waals surface area contributed by atoms with Gasteiger partial charge in [-0.05, 0) is 12.8 Å². The third kappa shape index (κ3) is 3.98. The lowest BCUT2D eigenvalue weighted by atomic mass is 10.1. The molecule has 0 unspecified atom stereocenters. The van der Waals surface area contributed by atoms with Gasteiger partial charge < -0.3 is 15.5 Å². The summed E-state index contributed by atoms with van der Waals surface area (Å²) in [7, 11) is 0. The second kappa shape index (κ2) is 7.36. The van der Waals surface area contributed by atoms with E-state index in [4.69, 9.17) is 5.73 Å². The zero-order valence-corrected chi connectivity index (χ0v) is 11.5. The van der Waals surface area contributed by atoms with E-state index in [1.165, 1.54) is 0 Å². The Balaban J connectivity index is 2.51. The average Bonchev–Trinajstić information content (AvgIpc) is 2.63. The second-order valence-electron chi connectivity index (χ2n) is 4.81. The highest BCUT2D eigenvalue weighted by molar-refractivity contribution is 5.82. The SMILES string of the molecule is CCC[C@@H](N)C(=O)N1CCCN(C(=O)CC)CC1. The molecule has 1 fully saturated rings. The van der Waals surface area contributed by atoms with Gasteiger partial charge in [-0.25, -0.2) is 0 Å². The van der Waals surface area contributed by atoms with E-state index < -0.39 is 0 Å². The molecule has 0 aromatic rings. The van der Waals surface area contributed by atoms with Crippen LogP contribution < -0.4 is 5.73 Å². The van der Waals surface area contributed by atoms with Crippen molar-refractivity contribution in [3.05, 3.63) is 0 Å². The van der Waals surface area contributed by atoms with Crippen molar-refractivity contribution in [2.45, 2.75) is 45.6 Å². The molecule has 0 aromatic carbocycles. The van der Waals surface area contributed by atoms with Crippen LogP contribution in [0.4, 0.5) is 0 Å². The van der Waals surface area contributed by atoms with Gasteiger partial charge in [0, 0.05) is 32.6 Å². The largest absolute Gasteiger partial charge is 0.341 e. The number of hydrogen-bond donors (Lipinski definition) is 1. The maximum Gasteiger partial charge on any atom is 0.239 e. The maximum atomic E-state index is 12.1. The van der Waals surface area contributed by atoms with Crippen molar-refractivity contribution < 1.29 is 9.59 Å². The number of carbonyl (C=O) groups is 2. The molecule has 0 aliphatic carbocycles. The van der Waals surface area contributed by atoms with Crippen LogP contribution in [0.3, 0.4) is 0 Å². The minimum Gasteiger partial charge on any atom is -0.341 e. The molecule has 0 spiro atoms. The van der Waals surface area contributed by atoms with Gasteiger partial charge in [-0.3, -0.25) is 9.59 Å². The quantitative estimate of drug-likeness (QED) is 0.799. The first kappa shape index (κ1) is 15.0. The fourth-order valence-electron chi connectivity index (χ4n) is 2.28. The van der Waals surface area contributed by atoms with E-state index in [9.17, 15) is 9.59 Å². The first-order valence-corrected chi connectivity index (χ1v) is 6.92. The smallest absolute Gasteiger partial charge is 0.239 e. The zero-order valence-electron chi connectivity index (χ0n) is 11.5. The van der Waals surface area contributed by atoms with Gasteiger partial charge in [0.05, 0.1) is 6.04 Å². The number of nitrogens with two attached hydrogens (primary N) is 1. The summed E-state index contributed by atoms with van der Waals surface area (Å²) in [5, 5.41) is 0. The minimum absolute atomic E-state index is 0.0302. The third-order valence-corrected chi connectivity index (χ3v) is 3.38. The molecule has 18 heavy (non-hydrogen) atoms. The Bertz CT molecular complexity index is 294. The molecule has 5 nitrogen and oxygen atoms in total. The number of rotatable bonds is 4. The maximum absolute atomic E-state index is 12.1. The standard InChI is InChI=1S/C13H25N3O2/c1-3-6-11(14)13(18)16-8-5-7-15(9-10-16)12(17)4-2/h11H,3-10,14H2,1-2H3/t11-/m1/s1. The van der Waals surface area contributed by atoms with Crippen molar-refractivity contribution in [1.29, 1.82) is 0 Å². The Kier molecular flexibility index (Phi) is 6.12. The van der Waals surface area contributed by atoms with Crippen LogP contribution in [0.1, 0.15) is 39.5 Å². The Morgan fingerprint density at radius 3 is 2.33 bits per heavy atom. The predicted octanol–water partition coefficient (Wildman–Crippen LogP) is 0.585. The van der Waals surface area contributed by atoms with E-state index in [0.717, 1.165) is 25.8 Å². The molecular formula is C13H25N3O2. The van der Waals surface area contributed by atoms with Crippen molar-refractivity contribution in [2.24, 2.45) is 5.73 Å². The van der Waals surface area contributed by atoms with Gasteiger partial charge >= 0.3 is 0 Å². The first-order chi connectivity index (χ1) is 8.60. The number of nitrogens with zero attached hydrogens (tertiary/aromatic N) is 2. The van der Waals surface area contributed by atoms with Crippen LogP contribution in [-0.4, -0.2) is 53.8 Å². The van der Waals surface area contributed by atoms with Crippen LogP contribution in [0.25, 0.3) is 0 Å². The van der Waals surface area contributed by atoms with E-state index in [0.29, 0.717) is 26.1 Å². The molecule has 1 atom stereocenters. The van der Waals surface area contributed by atoms with Crippen molar-refractivity contribution in [3.63, 3.8) is 0 Å². The Morgan fingerprint density at radius 2 is 1.72 bits per heavy atom. The lowest BCUT2D eigenvalue weighted by molar-refractivity contribution is -0.134. The highest BCUT2D eigenvalue weighted by atomic mass is 16.2. The molecule has 0 saturated carbocycles. The molecule has 0 aromatic heterocycles. The van der Waals surface area contributed by atoms with Crippen molar-refractivity contribution >= 4 is 11.8 Å². The topological polar surface area (TPSA) is 66.6 Å². The van der Waals surface area contributed by atoms with Crippen LogP contribution in [-0.2, 0) is 9.59 Å². The normalized spacial score (nSPS) is 18.4. The Morgan fingerprint density at radius 1 is 1.11 bits per heavy atom. The fraction of sp³-hybridized carbons (Fsp3) is 0.846. The number of hydrogen-bond acceptors (Lipinski definition) is 3. The van der Waals surface area contributed by atoms with Crippen molar-refractivity contribution in [1.82, 2.24) is 9.80 Å². The summed E-state index contributed by atoms with van der Waals surface area (Å²) < 4.78 is 0. The van der Waals surface area contributed by atoms with Gasteiger partial charge in [-0.15, -0.1) is 0 Å². The van der Waals surface area contributed by atoms with E-state index >= 15 is 0 Å². The second-order valence-corrected chi connectivity index (χ2v) is 4.81. The molecule has 5 heteroatoms. The summed E-state index contributed by atoms with van der Waals surface area (Å²) in [5.74, 6) is 0.199. The molecular weight excluding hydrogens is 230 g/mol. The highest BCUT2D eigenvalue weighted by Gasteiger charge is 2.24. The van der Waals surface area contributed by atoms with Crippen molar-refractivity contribution in [2.75, 3.05) is 26.2 Å². The Labute approximate surface area is 109 Å². The zero-order chi connectivity index (χ0) is 13.5. The summed E-state index contributed by atoms with van der Waals surface area (Å²) in [6.45, 7) is 6.60. The Hall–Kier alpha value is -1.10. The van der Waals surface area contributed by atoms with Crippen LogP contribution in [0.5, 0.6) is 0 Å². The van der Waals surface area contributed by atoms with Crippen LogP contribution in [0.2, 0.25) is 0 Å². The van der Waals surface area contributed by atoms with E-state index in [2.05, 4.69) is 0 Å². The van der Waals surface area contributed by atoms with Crippen LogP contribution >= 0.6 is 0 Å². The van der Waals surface area contributed by atoms with Crippen molar-refractivity contribution in [3.8, 4) is 0 Å². The molecule has 1 saturated heterocycles. The van der Waals surface area contributed by atoms with Gasteiger partial charge in [0.1, 0.15) is 0 Å². The first-order valence-electron chi connectivity index (χ1n) is 6.92. The third-order valence-electron chi connectivity index (χ3n) is 3.38. The summed E-state index contributed by atoms with van der Waals surface area (Å²) in [6, 6.07) is -0.386. The van der Waals surface area contributed by atoms with Crippen LogP contribution in [0.15, 0.2) is 0 Å². The molecule has 0 bridgehead atoms. The molecule has 104 valence electrons. The number of carbonyl (C=O) groups excluding carboxylic acids is 2. The minimum atomic E-state index is -0.386. The molecule has 1 aliphatic heterocycles. The molecule has 2 N–H and O–H groups in total. The van der Waals surface area contributed by atoms with E-state index in [1.54, 1.807) is 0 Å². The molecule has 1 heterocycles. The average molecular weight is 255 g/mol. The summed E-state index contributed by atoms with van der Waals surface area (Å²) in [6.07, 6.45) is 3.02. The number of amides is 2. The van der Waals surface area contributed by atoms with E-state index in [1.807, 2.05) is 23.6 Å². The summed E-state index contributed by atoms with van der Waals surface area (Å²) in [4.78, 5) is 27.4. The molecule has 1 aliphatic rings. The van der Waals surface area contributed by atoms with Crippen LogP contribution in [0, 0.1) is 0 Å². The lowest BCUT2D eigenvalue weighted by Crippen LogP contribution is -2.45. The summed E-state index contributed by atoms with van der Waals surface area (Å²) >= 11 is 0. The van der Waals surface area contributed by atoms with E-state index in [-0.39, 0.29) is 17.9 Å². The summed E-state index contributed by atoms with van der Waals surface area (Å²) in [5.41, 5.74) is 5.86. The molecule has 2 amide bonds. The predicted molar refractivity (Wildman–Crippen MR) is 71.0 cm³/mol. The van der Waals surface area contributed by atoms with Gasteiger partial charge in [-0.2, -0.15) is 0 Å². The van der Waals surface area contributed by atoms with Gasteiger partial charge in [0.2, 0.25) is 11.8 Å². The van der Waals surface area contributed by atoms with Gasteiger partial charge in [0.25, 0.3) is 0 Å². The monoisotopic (exact) mass is 255 g/mol. The van der Waals surface area contributed by atoms with Gasteiger partial charge in [0.15, 0.2) is 0 Å². The lowest BCUT2D eigenvalue weighted by Gasteiger charge is -2.24.